The first-order chi connectivity index (χ1) is 11.1. The van der Waals surface area contributed by atoms with E-state index in [1.807, 2.05) is 12.1 Å². The van der Waals surface area contributed by atoms with Gasteiger partial charge in [0.15, 0.2) is 5.96 Å². The summed E-state index contributed by atoms with van der Waals surface area (Å²) >= 11 is 5.88. The van der Waals surface area contributed by atoms with Gasteiger partial charge >= 0.3 is 0 Å². The third-order valence-corrected chi connectivity index (χ3v) is 5.09. The summed E-state index contributed by atoms with van der Waals surface area (Å²) in [5.41, 5.74) is 1.14. The predicted octanol–water partition coefficient (Wildman–Crippen LogP) is 2.06. The number of nitrogens with one attached hydrogen (secondary N) is 1. The molecule has 0 aromatic heterocycles. The summed E-state index contributed by atoms with van der Waals surface area (Å²) in [5, 5.41) is 14.3. The molecule has 0 amide bonds. The zero-order valence-corrected chi connectivity index (χ0v) is 14.2. The van der Waals surface area contributed by atoms with Crippen LogP contribution in [0.1, 0.15) is 24.5 Å². The highest BCUT2D eigenvalue weighted by Gasteiger charge is 2.42. The molecular formula is C17H24ClN3O2. The molecule has 2 fully saturated rings. The highest BCUT2D eigenvalue weighted by Crippen LogP contribution is 2.38. The average Bonchev–Trinajstić information content (AvgIpc) is 3.19. The van der Waals surface area contributed by atoms with Crippen LogP contribution in [0.15, 0.2) is 29.3 Å². The largest absolute Gasteiger partial charge is 0.387 e. The van der Waals surface area contributed by atoms with Gasteiger partial charge in [0.25, 0.3) is 0 Å². The highest BCUT2D eigenvalue weighted by atomic mass is 35.5. The molecule has 2 heterocycles. The van der Waals surface area contributed by atoms with Crippen molar-refractivity contribution in [1.82, 2.24) is 10.2 Å². The Morgan fingerprint density at radius 3 is 2.87 bits per heavy atom. The van der Waals surface area contributed by atoms with Gasteiger partial charge < -0.3 is 20.1 Å². The maximum Gasteiger partial charge on any atom is 0.193 e. The lowest BCUT2D eigenvalue weighted by Crippen LogP contribution is -2.42. The summed E-state index contributed by atoms with van der Waals surface area (Å²) in [6.45, 7) is 4.11. The number of rotatable bonds is 3. The highest BCUT2D eigenvalue weighted by molar-refractivity contribution is 6.30. The van der Waals surface area contributed by atoms with Crippen LogP contribution in [0.2, 0.25) is 5.02 Å². The van der Waals surface area contributed by atoms with Crippen LogP contribution in [-0.2, 0) is 4.74 Å². The average molecular weight is 338 g/mol. The van der Waals surface area contributed by atoms with E-state index >= 15 is 0 Å². The molecule has 2 aliphatic heterocycles. The number of hydrogen-bond donors (Lipinski definition) is 2. The Morgan fingerprint density at radius 1 is 1.43 bits per heavy atom. The van der Waals surface area contributed by atoms with Gasteiger partial charge in [-0.1, -0.05) is 23.7 Å². The van der Waals surface area contributed by atoms with E-state index in [9.17, 15) is 5.11 Å². The van der Waals surface area contributed by atoms with Gasteiger partial charge in [-0.2, -0.15) is 0 Å². The van der Waals surface area contributed by atoms with Gasteiger partial charge in [0.2, 0.25) is 0 Å². The number of halogens is 1. The molecule has 2 atom stereocenters. The lowest BCUT2D eigenvalue weighted by molar-refractivity contribution is 0.156. The minimum Gasteiger partial charge on any atom is -0.387 e. The van der Waals surface area contributed by atoms with E-state index in [1.54, 1.807) is 19.2 Å². The molecule has 126 valence electrons. The van der Waals surface area contributed by atoms with Crippen molar-refractivity contribution >= 4 is 17.6 Å². The lowest BCUT2D eigenvalue weighted by atomic mass is 9.87. The monoisotopic (exact) mass is 337 g/mol. The van der Waals surface area contributed by atoms with E-state index in [0.717, 1.165) is 50.7 Å². The fourth-order valence-electron chi connectivity index (χ4n) is 3.41. The van der Waals surface area contributed by atoms with Crippen LogP contribution in [0.3, 0.4) is 0 Å². The molecule has 0 radical (unpaired) electrons. The molecule has 0 bridgehead atoms. The van der Waals surface area contributed by atoms with E-state index in [0.29, 0.717) is 17.0 Å². The van der Waals surface area contributed by atoms with Crippen molar-refractivity contribution in [3.05, 3.63) is 34.9 Å². The van der Waals surface area contributed by atoms with E-state index in [4.69, 9.17) is 16.3 Å². The third-order valence-electron chi connectivity index (χ3n) is 4.84. The number of nitrogens with zero attached hydrogens (tertiary/aromatic N) is 2. The zero-order chi connectivity index (χ0) is 16.3. The van der Waals surface area contributed by atoms with Gasteiger partial charge in [-0.25, -0.2) is 0 Å². The molecule has 5 nitrogen and oxygen atoms in total. The number of hydrogen-bond acceptors (Lipinski definition) is 3. The molecule has 6 heteroatoms. The molecule has 1 aromatic carbocycles. The summed E-state index contributed by atoms with van der Waals surface area (Å²) in [4.78, 5) is 6.63. The number of aliphatic hydroxyl groups excluding tert-OH is 1. The van der Waals surface area contributed by atoms with Crippen LogP contribution < -0.4 is 5.32 Å². The number of ether oxygens (including phenoxy) is 1. The topological polar surface area (TPSA) is 57.1 Å². The van der Waals surface area contributed by atoms with Crippen LogP contribution in [-0.4, -0.2) is 55.9 Å². The van der Waals surface area contributed by atoms with Crippen LogP contribution in [0.4, 0.5) is 0 Å². The van der Waals surface area contributed by atoms with Crippen LogP contribution in [0, 0.1) is 5.41 Å². The Morgan fingerprint density at radius 2 is 2.22 bits per heavy atom. The second-order valence-corrected chi connectivity index (χ2v) is 6.91. The van der Waals surface area contributed by atoms with E-state index in [1.165, 1.54) is 0 Å². The standard InChI is InChI=1S/C17H24ClN3O2/c1-19-16(21-8-6-17(11-21)7-9-23-12-17)20-10-15(22)13-2-4-14(18)5-3-13/h2-5,15,22H,6-12H2,1H3,(H,19,20). The Kier molecular flexibility index (Phi) is 5.09. The maximum atomic E-state index is 10.3. The van der Waals surface area contributed by atoms with Gasteiger partial charge in [-0.3, -0.25) is 4.99 Å². The molecule has 3 rings (SSSR count). The van der Waals surface area contributed by atoms with Gasteiger partial charge in [0.1, 0.15) is 0 Å². The number of likely N-dealkylation sites (tertiary alicyclic amines) is 1. The SMILES string of the molecule is CN=C(NCC(O)c1ccc(Cl)cc1)N1CCC2(CCOC2)C1. The van der Waals surface area contributed by atoms with Crippen molar-refractivity contribution in [3.63, 3.8) is 0 Å². The molecule has 1 spiro atoms. The van der Waals surface area contributed by atoms with E-state index in [-0.39, 0.29) is 0 Å². The Bertz CT molecular complexity index is 555. The molecule has 2 N–H and O–H groups in total. The van der Waals surface area contributed by atoms with Crippen LogP contribution in [0.5, 0.6) is 0 Å². The molecule has 23 heavy (non-hydrogen) atoms. The van der Waals surface area contributed by atoms with Gasteiger partial charge in [0, 0.05) is 43.7 Å². The Hall–Kier alpha value is -1.30. The molecule has 2 unspecified atom stereocenters. The second kappa shape index (κ2) is 7.07. The summed E-state index contributed by atoms with van der Waals surface area (Å²) in [5.74, 6) is 0.849. The summed E-state index contributed by atoms with van der Waals surface area (Å²) in [7, 11) is 1.78. The third kappa shape index (κ3) is 3.79. The number of aliphatic imine (C=N–C) groups is 1. The van der Waals surface area contributed by atoms with E-state index < -0.39 is 6.10 Å². The molecule has 0 saturated carbocycles. The molecule has 2 aliphatic rings. The minimum atomic E-state index is -0.588. The maximum absolute atomic E-state index is 10.3. The summed E-state index contributed by atoms with van der Waals surface area (Å²) < 4.78 is 5.57. The quantitative estimate of drug-likeness (QED) is 0.655. The van der Waals surface area contributed by atoms with Crippen molar-refractivity contribution in [2.75, 3.05) is 39.9 Å². The fraction of sp³-hybridized carbons (Fsp3) is 0.588. The second-order valence-electron chi connectivity index (χ2n) is 6.47. The zero-order valence-electron chi connectivity index (χ0n) is 13.5. The van der Waals surface area contributed by atoms with Crippen molar-refractivity contribution in [1.29, 1.82) is 0 Å². The minimum absolute atomic E-state index is 0.298. The first-order valence-corrected chi connectivity index (χ1v) is 8.47. The summed E-state index contributed by atoms with van der Waals surface area (Å²) in [6, 6.07) is 7.27. The van der Waals surface area contributed by atoms with Crippen LogP contribution >= 0.6 is 11.6 Å². The van der Waals surface area contributed by atoms with Crippen molar-refractivity contribution in [3.8, 4) is 0 Å². The Labute approximate surface area is 142 Å². The molecule has 2 saturated heterocycles. The Balaban J connectivity index is 1.55. The van der Waals surface area contributed by atoms with Crippen LogP contribution in [0.25, 0.3) is 0 Å². The van der Waals surface area contributed by atoms with Crippen molar-refractivity contribution in [2.24, 2.45) is 10.4 Å². The first-order valence-electron chi connectivity index (χ1n) is 8.09. The van der Waals surface area contributed by atoms with E-state index in [2.05, 4.69) is 15.2 Å². The first kappa shape index (κ1) is 16.6. The fourth-order valence-corrected chi connectivity index (χ4v) is 3.54. The lowest BCUT2D eigenvalue weighted by Gasteiger charge is -2.25. The van der Waals surface area contributed by atoms with Gasteiger partial charge in [-0.15, -0.1) is 0 Å². The van der Waals surface area contributed by atoms with Crippen molar-refractivity contribution < 1.29 is 9.84 Å². The normalized spacial score (nSPS) is 26.0. The molecule has 1 aromatic rings. The smallest absolute Gasteiger partial charge is 0.193 e. The predicted molar refractivity (Wildman–Crippen MR) is 91.8 cm³/mol. The molecular weight excluding hydrogens is 314 g/mol. The van der Waals surface area contributed by atoms with Gasteiger partial charge in [-0.05, 0) is 30.5 Å². The molecule has 0 aliphatic carbocycles. The van der Waals surface area contributed by atoms with Crippen molar-refractivity contribution in [2.45, 2.75) is 18.9 Å². The summed E-state index contributed by atoms with van der Waals surface area (Å²) in [6.07, 6.45) is 1.69. The number of aliphatic hydroxyl groups is 1. The van der Waals surface area contributed by atoms with Gasteiger partial charge in [0.05, 0.1) is 12.7 Å². The number of guanidine groups is 1. The number of benzene rings is 1.